The van der Waals surface area contributed by atoms with Gasteiger partial charge in [-0.15, -0.1) is 0 Å². The number of carbonyl (C=O) groups excluding carboxylic acids is 1. The fraction of sp³-hybridized carbons (Fsp3) is 0.938. The third-order valence-electron chi connectivity index (χ3n) is 4.43. The smallest absolute Gasteiger partial charge is 0.132 e. The fourth-order valence-electron chi connectivity index (χ4n) is 3.25. The standard InChI is InChI=1S/C13H22O.C3H8O/c14-13-8-4-7-12(9-10-13)11-5-2-1-3-6-11;1-3-4-2/h11-12H,1-10H2;3H2,1-2H3. The van der Waals surface area contributed by atoms with Crippen molar-refractivity contribution in [3.63, 3.8) is 0 Å². The van der Waals surface area contributed by atoms with E-state index in [9.17, 15) is 4.79 Å². The van der Waals surface area contributed by atoms with Gasteiger partial charge in [-0.3, -0.25) is 4.79 Å². The number of carbonyl (C=O) groups is 1. The van der Waals surface area contributed by atoms with Crippen molar-refractivity contribution < 1.29 is 9.53 Å². The van der Waals surface area contributed by atoms with Crippen LogP contribution in [0.2, 0.25) is 0 Å². The maximum atomic E-state index is 11.3. The van der Waals surface area contributed by atoms with Crippen LogP contribution in [-0.4, -0.2) is 19.5 Å². The molecule has 2 fully saturated rings. The maximum Gasteiger partial charge on any atom is 0.132 e. The first-order chi connectivity index (χ1) is 8.77. The van der Waals surface area contributed by atoms with E-state index in [1.54, 1.807) is 7.11 Å². The fourth-order valence-corrected chi connectivity index (χ4v) is 3.25. The first kappa shape index (κ1) is 15.7. The Labute approximate surface area is 112 Å². The van der Waals surface area contributed by atoms with Gasteiger partial charge in [-0.25, -0.2) is 0 Å². The van der Waals surface area contributed by atoms with Crippen LogP contribution in [0.3, 0.4) is 0 Å². The topological polar surface area (TPSA) is 26.3 Å². The molecule has 2 rings (SSSR count). The Kier molecular flexibility index (Phi) is 8.32. The Morgan fingerprint density at radius 2 is 1.50 bits per heavy atom. The van der Waals surface area contributed by atoms with Crippen molar-refractivity contribution in [2.45, 2.75) is 71.1 Å². The molecule has 0 aromatic rings. The van der Waals surface area contributed by atoms with Gasteiger partial charge in [0, 0.05) is 26.6 Å². The summed E-state index contributed by atoms with van der Waals surface area (Å²) in [5, 5.41) is 0. The summed E-state index contributed by atoms with van der Waals surface area (Å²) in [6.45, 7) is 2.78. The van der Waals surface area contributed by atoms with Crippen molar-refractivity contribution in [1.29, 1.82) is 0 Å². The normalized spacial score (nSPS) is 26.1. The van der Waals surface area contributed by atoms with Crippen LogP contribution >= 0.6 is 0 Å². The second kappa shape index (κ2) is 9.55. The molecule has 2 aliphatic rings. The minimum atomic E-state index is 0.517. The van der Waals surface area contributed by atoms with Gasteiger partial charge in [-0.1, -0.05) is 32.1 Å². The average molecular weight is 254 g/mol. The molecule has 2 saturated carbocycles. The predicted molar refractivity (Wildman–Crippen MR) is 75.7 cm³/mol. The monoisotopic (exact) mass is 254 g/mol. The van der Waals surface area contributed by atoms with Gasteiger partial charge in [0.25, 0.3) is 0 Å². The summed E-state index contributed by atoms with van der Waals surface area (Å²) >= 11 is 0. The molecule has 0 N–H and O–H groups in total. The SMILES string of the molecule is CCOC.O=C1CCCC(C2CCCCC2)CC1. The summed E-state index contributed by atoms with van der Waals surface area (Å²) < 4.78 is 4.54. The first-order valence-electron chi connectivity index (χ1n) is 7.78. The molecule has 0 bridgehead atoms. The van der Waals surface area contributed by atoms with Crippen LogP contribution < -0.4 is 0 Å². The van der Waals surface area contributed by atoms with Gasteiger partial charge in [0.1, 0.15) is 5.78 Å². The lowest BCUT2D eigenvalue weighted by molar-refractivity contribution is -0.119. The van der Waals surface area contributed by atoms with E-state index in [1.807, 2.05) is 6.92 Å². The number of ether oxygens (including phenoxy) is 1. The zero-order valence-electron chi connectivity index (χ0n) is 12.2. The van der Waals surface area contributed by atoms with Crippen LogP contribution in [0.5, 0.6) is 0 Å². The molecule has 0 aromatic heterocycles. The van der Waals surface area contributed by atoms with E-state index in [1.165, 1.54) is 51.4 Å². The van der Waals surface area contributed by atoms with E-state index in [2.05, 4.69) is 4.74 Å². The number of Topliss-reactive ketones (excluding diaryl/α,β-unsaturated/α-hetero) is 1. The molecule has 1 atom stereocenters. The highest BCUT2D eigenvalue weighted by Crippen LogP contribution is 2.36. The van der Waals surface area contributed by atoms with Crippen molar-refractivity contribution in [3.05, 3.63) is 0 Å². The molecular formula is C16H30O2. The summed E-state index contributed by atoms with van der Waals surface area (Å²) in [5.41, 5.74) is 0. The molecule has 2 nitrogen and oxygen atoms in total. The van der Waals surface area contributed by atoms with Crippen molar-refractivity contribution in [2.24, 2.45) is 11.8 Å². The molecule has 0 saturated heterocycles. The molecule has 106 valence electrons. The van der Waals surface area contributed by atoms with Gasteiger partial charge < -0.3 is 4.74 Å². The van der Waals surface area contributed by atoms with Crippen LogP contribution in [0.4, 0.5) is 0 Å². The van der Waals surface area contributed by atoms with E-state index in [0.717, 1.165) is 31.3 Å². The van der Waals surface area contributed by atoms with Crippen molar-refractivity contribution in [2.75, 3.05) is 13.7 Å². The summed E-state index contributed by atoms with van der Waals surface area (Å²) in [4.78, 5) is 11.3. The van der Waals surface area contributed by atoms with Crippen LogP contribution in [0.25, 0.3) is 0 Å². The molecule has 2 aliphatic carbocycles. The van der Waals surface area contributed by atoms with Gasteiger partial charge >= 0.3 is 0 Å². The Bertz CT molecular complexity index is 217. The number of methoxy groups -OCH3 is 1. The Balaban J connectivity index is 0.000000357. The first-order valence-corrected chi connectivity index (χ1v) is 7.78. The molecule has 0 aromatic carbocycles. The third-order valence-corrected chi connectivity index (χ3v) is 4.43. The minimum absolute atomic E-state index is 0.517. The molecule has 0 spiro atoms. The van der Waals surface area contributed by atoms with Gasteiger partial charge in [0.15, 0.2) is 0 Å². The lowest BCUT2D eigenvalue weighted by Crippen LogP contribution is -2.17. The third kappa shape index (κ3) is 5.99. The Morgan fingerprint density at radius 1 is 0.944 bits per heavy atom. The van der Waals surface area contributed by atoms with Crippen LogP contribution in [0, 0.1) is 11.8 Å². The van der Waals surface area contributed by atoms with Gasteiger partial charge in [-0.2, -0.15) is 0 Å². The average Bonchev–Trinajstić information content (AvgIpc) is 2.65. The quantitative estimate of drug-likeness (QED) is 0.684. The summed E-state index contributed by atoms with van der Waals surface area (Å²) in [5.74, 6) is 2.37. The summed E-state index contributed by atoms with van der Waals surface area (Å²) in [6, 6.07) is 0. The van der Waals surface area contributed by atoms with Gasteiger partial charge in [-0.05, 0) is 38.0 Å². The Morgan fingerprint density at radius 3 is 2.11 bits per heavy atom. The molecular weight excluding hydrogens is 224 g/mol. The molecule has 0 amide bonds. The van der Waals surface area contributed by atoms with Crippen molar-refractivity contribution in [3.8, 4) is 0 Å². The number of rotatable bonds is 2. The molecule has 0 aliphatic heterocycles. The molecule has 18 heavy (non-hydrogen) atoms. The lowest BCUT2D eigenvalue weighted by atomic mass is 9.77. The largest absolute Gasteiger partial charge is 0.385 e. The van der Waals surface area contributed by atoms with Gasteiger partial charge in [0.05, 0.1) is 0 Å². The second-order valence-electron chi connectivity index (χ2n) is 5.71. The maximum absolute atomic E-state index is 11.3. The van der Waals surface area contributed by atoms with Crippen LogP contribution in [-0.2, 0) is 9.53 Å². The molecule has 1 unspecified atom stereocenters. The highest BCUT2D eigenvalue weighted by atomic mass is 16.5. The predicted octanol–water partition coefficient (Wildman–Crippen LogP) is 4.37. The molecule has 0 heterocycles. The summed E-state index contributed by atoms with van der Waals surface area (Å²) in [6.07, 6.45) is 12.6. The zero-order chi connectivity index (χ0) is 13.2. The number of hydrogen-bond donors (Lipinski definition) is 0. The van der Waals surface area contributed by atoms with Crippen molar-refractivity contribution in [1.82, 2.24) is 0 Å². The Hall–Kier alpha value is -0.370. The van der Waals surface area contributed by atoms with E-state index in [-0.39, 0.29) is 0 Å². The number of ketones is 1. The van der Waals surface area contributed by atoms with E-state index < -0.39 is 0 Å². The van der Waals surface area contributed by atoms with Crippen molar-refractivity contribution >= 4 is 5.78 Å². The van der Waals surface area contributed by atoms with Gasteiger partial charge in [0.2, 0.25) is 0 Å². The second-order valence-corrected chi connectivity index (χ2v) is 5.71. The molecule has 2 heteroatoms. The van der Waals surface area contributed by atoms with Crippen LogP contribution in [0.1, 0.15) is 71.1 Å². The van der Waals surface area contributed by atoms with E-state index in [0.29, 0.717) is 5.78 Å². The zero-order valence-corrected chi connectivity index (χ0v) is 12.2. The minimum Gasteiger partial charge on any atom is -0.385 e. The highest BCUT2D eigenvalue weighted by molar-refractivity contribution is 5.78. The highest BCUT2D eigenvalue weighted by Gasteiger charge is 2.25. The van der Waals surface area contributed by atoms with Crippen LogP contribution in [0.15, 0.2) is 0 Å². The lowest BCUT2D eigenvalue weighted by Gasteiger charge is -2.29. The molecule has 0 radical (unpaired) electrons. The van der Waals surface area contributed by atoms with E-state index >= 15 is 0 Å². The number of hydrogen-bond acceptors (Lipinski definition) is 2. The van der Waals surface area contributed by atoms with E-state index in [4.69, 9.17) is 0 Å². The summed E-state index contributed by atoms with van der Waals surface area (Å²) in [7, 11) is 1.68.